The third-order valence-electron chi connectivity index (χ3n) is 7.01. The number of thiophene rings is 1. The van der Waals surface area contributed by atoms with E-state index in [-0.39, 0.29) is 30.1 Å². The van der Waals surface area contributed by atoms with Gasteiger partial charge in [-0.2, -0.15) is 0 Å². The van der Waals surface area contributed by atoms with Gasteiger partial charge in [0, 0.05) is 35.3 Å². The van der Waals surface area contributed by atoms with Crippen molar-refractivity contribution < 1.29 is 14.0 Å². The van der Waals surface area contributed by atoms with Crippen molar-refractivity contribution >= 4 is 23.2 Å². The van der Waals surface area contributed by atoms with E-state index in [2.05, 4.69) is 24.0 Å². The molecule has 0 radical (unpaired) electrons. The van der Waals surface area contributed by atoms with Crippen LogP contribution >= 0.6 is 11.3 Å². The molecule has 0 spiro atoms. The minimum atomic E-state index is -0.287. The first kappa shape index (κ1) is 24.9. The monoisotopic (exact) mass is 485 g/mol. The number of rotatable bonds is 10. The van der Waals surface area contributed by atoms with Crippen molar-refractivity contribution in [3.05, 3.63) is 57.5 Å². The van der Waals surface area contributed by atoms with E-state index in [1.165, 1.54) is 36.3 Å². The van der Waals surface area contributed by atoms with E-state index in [0.29, 0.717) is 19.6 Å². The molecule has 2 fully saturated rings. The summed E-state index contributed by atoms with van der Waals surface area (Å²) in [6, 6.07) is 10.4. The Morgan fingerprint density at radius 2 is 1.71 bits per heavy atom. The van der Waals surface area contributed by atoms with E-state index in [4.69, 9.17) is 0 Å². The Morgan fingerprint density at radius 3 is 2.32 bits per heavy atom. The number of halogens is 1. The number of hydrogen-bond donors (Lipinski definition) is 0. The number of piperidine rings is 1. The minimum Gasteiger partial charge on any atom is -0.332 e. The van der Waals surface area contributed by atoms with E-state index in [1.807, 2.05) is 0 Å². The fourth-order valence-corrected chi connectivity index (χ4v) is 5.60. The molecule has 1 aliphatic heterocycles. The highest BCUT2D eigenvalue weighted by Crippen LogP contribution is 2.28. The van der Waals surface area contributed by atoms with E-state index in [0.717, 1.165) is 49.3 Å². The van der Waals surface area contributed by atoms with Crippen molar-refractivity contribution in [2.24, 2.45) is 5.92 Å². The van der Waals surface area contributed by atoms with Crippen LogP contribution in [0.15, 0.2) is 36.4 Å². The van der Waals surface area contributed by atoms with Gasteiger partial charge < -0.3 is 14.7 Å². The predicted molar refractivity (Wildman–Crippen MR) is 134 cm³/mol. The zero-order chi connectivity index (χ0) is 23.9. The lowest BCUT2D eigenvalue weighted by molar-refractivity contribution is -0.145. The van der Waals surface area contributed by atoms with Crippen LogP contribution in [-0.4, -0.2) is 59.2 Å². The summed E-state index contributed by atoms with van der Waals surface area (Å²) in [7, 11) is 0. The molecular weight excluding hydrogens is 449 g/mol. The van der Waals surface area contributed by atoms with Crippen LogP contribution in [0, 0.1) is 18.7 Å². The number of hydrogen-bond acceptors (Lipinski definition) is 4. The zero-order valence-electron chi connectivity index (χ0n) is 20.2. The minimum absolute atomic E-state index is 0.0540. The lowest BCUT2D eigenvalue weighted by Crippen LogP contribution is -2.48. The second-order valence-electron chi connectivity index (χ2n) is 9.68. The summed E-state index contributed by atoms with van der Waals surface area (Å²) in [5, 5.41) is 0. The summed E-state index contributed by atoms with van der Waals surface area (Å²) >= 11 is 1.68. The molecule has 2 amide bonds. The Balaban J connectivity index is 1.46. The van der Waals surface area contributed by atoms with Crippen LogP contribution < -0.4 is 0 Å². The third kappa shape index (κ3) is 6.89. The van der Waals surface area contributed by atoms with Crippen LogP contribution in [0.5, 0.6) is 0 Å². The second-order valence-corrected chi connectivity index (χ2v) is 11.1. The van der Waals surface area contributed by atoms with Gasteiger partial charge >= 0.3 is 0 Å². The van der Waals surface area contributed by atoms with Crippen molar-refractivity contribution in [3.63, 3.8) is 0 Å². The van der Waals surface area contributed by atoms with Gasteiger partial charge in [-0.15, -0.1) is 11.3 Å². The van der Waals surface area contributed by atoms with Crippen molar-refractivity contribution in [1.82, 2.24) is 14.7 Å². The predicted octanol–water partition coefficient (Wildman–Crippen LogP) is 4.84. The SMILES string of the molecule is Cc1ccc(CN(Cc2ccc(F)cc2)C(=O)CN(CCN2CCCCC2)C(=O)C2CCC2)s1. The summed E-state index contributed by atoms with van der Waals surface area (Å²) < 4.78 is 13.4. The molecule has 2 aromatic rings. The maximum Gasteiger partial charge on any atom is 0.242 e. The third-order valence-corrected chi connectivity index (χ3v) is 7.99. The largest absolute Gasteiger partial charge is 0.332 e. The molecule has 1 aromatic heterocycles. The number of nitrogens with zero attached hydrogens (tertiary/aromatic N) is 3. The van der Waals surface area contributed by atoms with Gasteiger partial charge in [0.1, 0.15) is 5.82 Å². The second kappa shape index (κ2) is 11.9. The van der Waals surface area contributed by atoms with Gasteiger partial charge in [-0.3, -0.25) is 9.59 Å². The van der Waals surface area contributed by atoms with Gasteiger partial charge in [-0.1, -0.05) is 25.0 Å². The molecular formula is C27H36FN3O2S. The smallest absolute Gasteiger partial charge is 0.242 e. The van der Waals surface area contributed by atoms with E-state index in [1.54, 1.807) is 33.3 Å². The molecule has 2 heterocycles. The summed E-state index contributed by atoms with van der Waals surface area (Å²) in [6.45, 7) is 6.63. The van der Waals surface area contributed by atoms with E-state index in [9.17, 15) is 14.0 Å². The quantitative estimate of drug-likeness (QED) is 0.484. The first-order valence-electron chi connectivity index (χ1n) is 12.6. The Morgan fingerprint density at radius 1 is 0.971 bits per heavy atom. The standard InChI is InChI=1S/C27H36FN3O2S/c1-21-8-13-25(34-21)19-31(18-22-9-11-24(28)12-10-22)26(32)20-30(27(33)23-6-5-7-23)17-16-29-14-3-2-4-15-29/h8-13,23H,2-7,14-20H2,1H3. The molecule has 184 valence electrons. The molecule has 2 aliphatic rings. The molecule has 1 saturated carbocycles. The van der Waals surface area contributed by atoms with Crippen molar-refractivity contribution in [2.75, 3.05) is 32.7 Å². The Hall–Kier alpha value is -2.25. The maximum atomic E-state index is 13.6. The highest BCUT2D eigenvalue weighted by Gasteiger charge is 2.31. The van der Waals surface area contributed by atoms with Crippen LogP contribution in [0.4, 0.5) is 4.39 Å². The number of carbonyl (C=O) groups excluding carboxylic acids is 2. The normalized spacial score (nSPS) is 16.8. The number of aryl methyl sites for hydroxylation is 1. The highest BCUT2D eigenvalue weighted by molar-refractivity contribution is 7.11. The van der Waals surface area contributed by atoms with Crippen LogP contribution in [-0.2, 0) is 22.7 Å². The average Bonchev–Trinajstić information content (AvgIpc) is 3.21. The molecule has 1 saturated heterocycles. The van der Waals surface area contributed by atoms with Crippen molar-refractivity contribution in [1.29, 1.82) is 0 Å². The van der Waals surface area contributed by atoms with Crippen LogP contribution in [0.3, 0.4) is 0 Å². The highest BCUT2D eigenvalue weighted by atomic mass is 32.1. The lowest BCUT2D eigenvalue weighted by atomic mass is 9.84. The fourth-order valence-electron chi connectivity index (χ4n) is 4.69. The lowest BCUT2D eigenvalue weighted by Gasteiger charge is -2.35. The number of amides is 2. The van der Waals surface area contributed by atoms with Gasteiger partial charge in [-0.05, 0) is 75.5 Å². The molecule has 1 aromatic carbocycles. The zero-order valence-corrected chi connectivity index (χ0v) is 21.0. The Kier molecular flexibility index (Phi) is 8.73. The van der Waals surface area contributed by atoms with Crippen molar-refractivity contribution in [2.45, 2.75) is 58.5 Å². The van der Waals surface area contributed by atoms with E-state index >= 15 is 0 Å². The van der Waals surface area contributed by atoms with Crippen LogP contribution in [0.25, 0.3) is 0 Å². The maximum absolute atomic E-state index is 13.6. The topological polar surface area (TPSA) is 43.9 Å². The van der Waals surface area contributed by atoms with Gasteiger partial charge in [-0.25, -0.2) is 4.39 Å². The van der Waals surface area contributed by atoms with Crippen molar-refractivity contribution in [3.8, 4) is 0 Å². The van der Waals surface area contributed by atoms with Gasteiger partial charge in [0.25, 0.3) is 0 Å². The van der Waals surface area contributed by atoms with Gasteiger partial charge in [0.15, 0.2) is 0 Å². The summed E-state index contributed by atoms with van der Waals surface area (Å²) in [5.41, 5.74) is 0.883. The number of likely N-dealkylation sites (tertiary alicyclic amines) is 1. The van der Waals surface area contributed by atoms with Gasteiger partial charge in [0.2, 0.25) is 11.8 Å². The average molecular weight is 486 g/mol. The number of benzene rings is 1. The number of carbonyl (C=O) groups is 2. The first-order valence-corrected chi connectivity index (χ1v) is 13.4. The summed E-state index contributed by atoms with van der Waals surface area (Å²) in [4.78, 5) is 35.1. The molecule has 0 unspecified atom stereocenters. The molecule has 0 atom stereocenters. The first-order chi connectivity index (χ1) is 16.5. The fraction of sp³-hybridized carbons (Fsp3) is 0.556. The molecule has 7 heteroatoms. The van der Waals surface area contributed by atoms with Crippen LogP contribution in [0.1, 0.15) is 53.8 Å². The molecule has 1 aliphatic carbocycles. The molecule has 4 rings (SSSR count). The molecule has 0 N–H and O–H groups in total. The van der Waals surface area contributed by atoms with E-state index < -0.39 is 0 Å². The Bertz CT molecular complexity index is 951. The summed E-state index contributed by atoms with van der Waals surface area (Å²) in [5.74, 6) is -0.142. The molecule has 34 heavy (non-hydrogen) atoms. The molecule has 0 bridgehead atoms. The summed E-state index contributed by atoms with van der Waals surface area (Å²) in [6.07, 6.45) is 6.66. The Labute approximate surface area is 206 Å². The molecule has 5 nitrogen and oxygen atoms in total. The van der Waals surface area contributed by atoms with Crippen LogP contribution in [0.2, 0.25) is 0 Å². The van der Waals surface area contributed by atoms with Gasteiger partial charge in [0.05, 0.1) is 13.1 Å².